The average Bonchev–Trinajstić information content (AvgIpc) is 2.47. The highest BCUT2D eigenvalue weighted by Crippen LogP contribution is 2.37. The summed E-state index contributed by atoms with van der Waals surface area (Å²) in [6.07, 6.45) is 6.95. The third-order valence-electron chi connectivity index (χ3n) is 4.27. The Morgan fingerprint density at radius 1 is 1.24 bits per heavy atom. The molecule has 1 heterocycles. The van der Waals surface area contributed by atoms with E-state index in [1.54, 1.807) is 12.1 Å². The molecule has 1 saturated carbocycles. The van der Waals surface area contributed by atoms with Crippen LogP contribution >= 0.6 is 11.6 Å². The highest BCUT2D eigenvalue weighted by molar-refractivity contribution is 6.32. The number of rotatable bonds is 2. The molecule has 110 valence electrons. The molecule has 0 aliphatic heterocycles. The number of nitrogens with one attached hydrogen (secondary N) is 1. The Morgan fingerprint density at radius 2 is 1.95 bits per heavy atom. The Balaban J connectivity index is 2.18. The van der Waals surface area contributed by atoms with Gasteiger partial charge in [0.05, 0.1) is 5.52 Å². The van der Waals surface area contributed by atoms with Gasteiger partial charge in [0, 0.05) is 16.6 Å². The average molecular weight is 306 g/mol. The third kappa shape index (κ3) is 2.56. The van der Waals surface area contributed by atoms with Crippen LogP contribution in [0.25, 0.3) is 10.9 Å². The van der Waals surface area contributed by atoms with Crippen LogP contribution in [0.15, 0.2) is 23.1 Å². The van der Waals surface area contributed by atoms with Crippen LogP contribution in [-0.2, 0) is 0 Å². The minimum absolute atomic E-state index is 0.237. The molecular weight excluding hydrogens is 290 g/mol. The maximum atomic E-state index is 12.3. The zero-order valence-electron chi connectivity index (χ0n) is 11.5. The van der Waals surface area contributed by atoms with Gasteiger partial charge in [0.2, 0.25) is 5.43 Å². The monoisotopic (exact) mass is 305 g/mol. The number of H-pyrrole nitrogens is 1. The normalized spacial score (nSPS) is 16.2. The van der Waals surface area contributed by atoms with Crippen LogP contribution in [0.4, 0.5) is 0 Å². The van der Waals surface area contributed by atoms with Crippen LogP contribution < -0.4 is 5.43 Å². The molecule has 1 aliphatic carbocycles. The van der Waals surface area contributed by atoms with Gasteiger partial charge in [0.1, 0.15) is 5.56 Å². The summed E-state index contributed by atoms with van der Waals surface area (Å²) < 4.78 is 0. The minimum atomic E-state index is -1.22. The molecule has 0 bridgehead atoms. The number of hydrogen-bond donors (Lipinski definition) is 2. The van der Waals surface area contributed by atoms with Crippen molar-refractivity contribution in [3.05, 3.63) is 44.7 Å². The molecule has 0 amide bonds. The Morgan fingerprint density at radius 3 is 2.62 bits per heavy atom. The highest BCUT2D eigenvalue weighted by atomic mass is 35.5. The minimum Gasteiger partial charge on any atom is -0.477 e. The quantitative estimate of drug-likeness (QED) is 0.883. The summed E-state index contributed by atoms with van der Waals surface area (Å²) in [5, 5.41) is 10.1. The van der Waals surface area contributed by atoms with E-state index in [4.69, 9.17) is 16.7 Å². The van der Waals surface area contributed by atoms with Gasteiger partial charge in [-0.3, -0.25) is 4.79 Å². The molecule has 1 aliphatic rings. The van der Waals surface area contributed by atoms with E-state index in [0.717, 1.165) is 18.4 Å². The van der Waals surface area contributed by atoms with E-state index < -0.39 is 11.4 Å². The van der Waals surface area contributed by atoms with E-state index in [1.165, 1.54) is 25.5 Å². The number of aromatic nitrogens is 1. The fourth-order valence-electron chi connectivity index (χ4n) is 3.14. The number of pyridine rings is 1. The predicted octanol–water partition coefficient (Wildman–Crippen LogP) is 3.93. The van der Waals surface area contributed by atoms with E-state index in [1.807, 2.05) is 0 Å². The Bertz CT molecular complexity index is 760. The number of carboxylic acid groups (broad SMARTS) is 1. The van der Waals surface area contributed by atoms with Gasteiger partial charge in [-0.25, -0.2) is 4.79 Å². The maximum absolute atomic E-state index is 12.3. The first-order valence-electron chi connectivity index (χ1n) is 7.16. The standard InChI is InChI=1S/C16H16ClNO3/c17-13-7-14-11(15(19)12(8-18-14)16(20)21)6-10(13)9-4-2-1-3-5-9/h6-9H,1-5H2,(H,18,19)(H,20,21). The molecule has 1 fully saturated rings. The summed E-state index contributed by atoms with van der Waals surface area (Å²) in [7, 11) is 0. The summed E-state index contributed by atoms with van der Waals surface area (Å²) in [4.78, 5) is 26.2. The number of halogens is 1. The van der Waals surface area contributed by atoms with Crippen molar-refractivity contribution in [2.75, 3.05) is 0 Å². The number of fused-ring (bicyclic) bond motifs is 1. The van der Waals surface area contributed by atoms with Crippen molar-refractivity contribution in [3.8, 4) is 0 Å². The zero-order chi connectivity index (χ0) is 15.0. The topological polar surface area (TPSA) is 70.2 Å². The van der Waals surface area contributed by atoms with E-state index in [-0.39, 0.29) is 5.56 Å². The van der Waals surface area contributed by atoms with Gasteiger partial charge < -0.3 is 10.1 Å². The number of carboxylic acids is 1. The number of benzene rings is 1. The molecule has 3 rings (SSSR count). The molecule has 21 heavy (non-hydrogen) atoms. The molecule has 4 nitrogen and oxygen atoms in total. The SMILES string of the molecule is O=C(O)c1c[nH]c2cc(Cl)c(C3CCCCC3)cc2c1=O. The molecular formula is C16H16ClNO3. The molecule has 0 saturated heterocycles. The number of aromatic amines is 1. The fourth-order valence-corrected chi connectivity index (χ4v) is 3.46. The van der Waals surface area contributed by atoms with E-state index in [0.29, 0.717) is 21.8 Å². The van der Waals surface area contributed by atoms with Crippen LogP contribution in [0, 0.1) is 0 Å². The second-order valence-corrected chi connectivity index (χ2v) is 6.00. The molecule has 0 radical (unpaired) electrons. The molecule has 0 spiro atoms. The smallest absolute Gasteiger partial charge is 0.341 e. The van der Waals surface area contributed by atoms with Gasteiger partial charge in [-0.1, -0.05) is 30.9 Å². The zero-order valence-corrected chi connectivity index (χ0v) is 12.2. The first-order chi connectivity index (χ1) is 10.1. The van der Waals surface area contributed by atoms with Gasteiger partial charge >= 0.3 is 5.97 Å². The first kappa shape index (κ1) is 14.1. The molecule has 5 heteroatoms. The summed E-state index contributed by atoms with van der Waals surface area (Å²) in [5.74, 6) is -0.851. The van der Waals surface area contributed by atoms with Crippen LogP contribution in [-0.4, -0.2) is 16.1 Å². The van der Waals surface area contributed by atoms with Crippen molar-refractivity contribution >= 4 is 28.5 Å². The third-order valence-corrected chi connectivity index (χ3v) is 4.60. The molecule has 1 aromatic heterocycles. The lowest BCUT2D eigenvalue weighted by atomic mass is 9.83. The van der Waals surface area contributed by atoms with Crippen LogP contribution in [0.5, 0.6) is 0 Å². The van der Waals surface area contributed by atoms with Crippen LogP contribution in [0.3, 0.4) is 0 Å². The van der Waals surface area contributed by atoms with Crippen LogP contribution in [0.2, 0.25) is 5.02 Å². The Hall–Kier alpha value is -1.81. The van der Waals surface area contributed by atoms with E-state index >= 15 is 0 Å². The number of aromatic carboxylic acids is 1. The lowest BCUT2D eigenvalue weighted by molar-refractivity contribution is 0.0695. The van der Waals surface area contributed by atoms with E-state index in [9.17, 15) is 9.59 Å². The summed E-state index contributed by atoms with van der Waals surface area (Å²) >= 11 is 6.35. The van der Waals surface area contributed by atoms with Gasteiger partial charge in [-0.2, -0.15) is 0 Å². The lowest BCUT2D eigenvalue weighted by Gasteiger charge is -2.23. The predicted molar refractivity (Wildman–Crippen MR) is 82.4 cm³/mol. The lowest BCUT2D eigenvalue weighted by Crippen LogP contribution is -2.16. The number of carbonyl (C=O) groups is 1. The van der Waals surface area contributed by atoms with Gasteiger partial charge in [-0.05, 0) is 36.5 Å². The molecule has 2 N–H and O–H groups in total. The molecule has 1 aromatic carbocycles. The summed E-state index contributed by atoms with van der Waals surface area (Å²) in [5.41, 5.74) is 0.857. The Kier molecular flexibility index (Phi) is 3.72. The second kappa shape index (κ2) is 5.53. The highest BCUT2D eigenvalue weighted by Gasteiger charge is 2.20. The van der Waals surface area contributed by atoms with E-state index in [2.05, 4.69) is 4.98 Å². The van der Waals surface area contributed by atoms with Crippen molar-refractivity contribution in [2.24, 2.45) is 0 Å². The van der Waals surface area contributed by atoms with Gasteiger partial charge in [0.25, 0.3) is 0 Å². The van der Waals surface area contributed by atoms with Crippen molar-refractivity contribution in [1.82, 2.24) is 4.98 Å². The fraction of sp³-hybridized carbons (Fsp3) is 0.375. The molecule has 0 unspecified atom stereocenters. The number of hydrogen-bond acceptors (Lipinski definition) is 2. The molecule has 0 atom stereocenters. The van der Waals surface area contributed by atoms with Crippen LogP contribution in [0.1, 0.15) is 53.9 Å². The maximum Gasteiger partial charge on any atom is 0.341 e. The second-order valence-electron chi connectivity index (χ2n) is 5.59. The van der Waals surface area contributed by atoms with Crippen molar-refractivity contribution < 1.29 is 9.90 Å². The largest absolute Gasteiger partial charge is 0.477 e. The van der Waals surface area contributed by atoms with Gasteiger partial charge in [0.15, 0.2) is 0 Å². The Labute approximate surface area is 126 Å². The summed E-state index contributed by atoms with van der Waals surface area (Å²) in [6.45, 7) is 0. The van der Waals surface area contributed by atoms with Crippen molar-refractivity contribution in [2.45, 2.75) is 38.0 Å². The summed E-state index contributed by atoms with van der Waals surface area (Å²) in [6, 6.07) is 3.51. The van der Waals surface area contributed by atoms with Gasteiger partial charge in [-0.15, -0.1) is 0 Å². The molecule has 2 aromatic rings. The van der Waals surface area contributed by atoms with Crippen molar-refractivity contribution in [3.63, 3.8) is 0 Å². The first-order valence-corrected chi connectivity index (χ1v) is 7.54. The van der Waals surface area contributed by atoms with Crippen molar-refractivity contribution in [1.29, 1.82) is 0 Å².